The molecule has 28 heavy (non-hydrogen) atoms. The van der Waals surface area contributed by atoms with Crippen molar-refractivity contribution in [2.45, 2.75) is 20.0 Å². The van der Waals surface area contributed by atoms with E-state index in [1.807, 2.05) is 30.3 Å². The Hall–Kier alpha value is -2.76. The van der Waals surface area contributed by atoms with Crippen LogP contribution in [0, 0.1) is 0 Å². The number of hydrogen-bond acceptors (Lipinski definition) is 4. The summed E-state index contributed by atoms with van der Waals surface area (Å²) in [4.78, 5) is 12.3. The molecule has 0 saturated heterocycles. The highest BCUT2D eigenvalue weighted by Gasteiger charge is 2.16. The molecule has 0 aliphatic rings. The molecule has 7 heteroatoms. The van der Waals surface area contributed by atoms with Crippen molar-refractivity contribution < 1.29 is 14.6 Å². The standard InChI is InChI=1S/C21H18Cl2N2O3/c1-12(16-9-7-14-5-3-4-6-17(14)20(16)26)24-25-21(27)13(2)28-19-10-8-15(22)11-18(19)23/h3-11,13,26H,1-2H3,(H,25,27)/b24-12+/t13-/m1/s1. The van der Waals surface area contributed by atoms with Gasteiger partial charge in [0.05, 0.1) is 10.7 Å². The van der Waals surface area contributed by atoms with E-state index in [2.05, 4.69) is 10.5 Å². The molecule has 0 bridgehead atoms. The molecule has 144 valence electrons. The van der Waals surface area contributed by atoms with Gasteiger partial charge in [-0.05, 0) is 43.5 Å². The third-order valence-electron chi connectivity index (χ3n) is 4.19. The van der Waals surface area contributed by atoms with Crippen molar-refractivity contribution in [3.63, 3.8) is 0 Å². The summed E-state index contributed by atoms with van der Waals surface area (Å²) < 4.78 is 5.56. The van der Waals surface area contributed by atoms with Crippen LogP contribution in [0.5, 0.6) is 11.5 Å². The Balaban J connectivity index is 1.72. The fourth-order valence-corrected chi connectivity index (χ4v) is 3.10. The molecular weight excluding hydrogens is 399 g/mol. The van der Waals surface area contributed by atoms with Crippen molar-refractivity contribution in [2.24, 2.45) is 5.10 Å². The first kappa shape index (κ1) is 20.0. The van der Waals surface area contributed by atoms with Crippen molar-refractivity contribution in [3.8, 4) is 11.5 Å². The van der Waals surface area contributed by atoms with Crippen molar-refractivity contribution >= 4 is 45.6 Å². The maximum absolute atomic E-state index is 12.3. The predicted molar refractivity (Wildman–Crippen MR) is 113 cm³/mol. The van der Waals surface area contributed by atoms with E-state index in [4.69, 9.17) is 27.9 Å². The van der Waals surface area contributed by atoms with Crippen LogP contribution in [0.3, 0.4) is 0 Å². The summed E-state index contributed by atoms with van der Waals surface area (Å²) in [7, 11) is 0. The third kappa shape index (κ3) is 4.38. The second kappa shape index (κ2) is 8.50. The highest BCUT2D eigenvalue weighted by molar-refractivity contribution is 6.35. The number of hydrazone groups is 1. The minimum absolute atomic E-state index is 0.117. The van der Waals surface area contributed by atoms with Gasteiger partial charge in [-0.2, -0.15) is 5.10 Å². The number of amides is 1. The number of fused-ring (bicyclic) bond motifs is 1. The minimum Gasteiger partial charge on any atom is -0.507 e. The Morgan fingerprint density at radius 2 is 1.89 bits per heavy atom. The van der Waals surface area contributed by atoms with Crippen molar-refractivity contribution in [2.75, 3.05) is 0 Å². The first-order valence-electron chi connectivity index (χ1n) is 8.53. The first-order valence-corrected chi connectivity index (χ1v) is 9.29. The fourth-order valence-electron chi connectivity index (χ4n) is 2.65. The maximum Gasteiger partial charge on any atom is 0.280 e. The number of rotatable bonds is 5. The zero-order chi connectivity index (χ0) is 20.3. The second-order valence-corrected chi connectivity index (χ2v) is 7.03. The summed E-state index contributed by atoms with van der Waals surface area (Å²) in [5.41, 5.74) is 3.45. The van der Waals surface area contributed by atoms with E-state index >= 15 is 0 Å². The van der Waals surface area contributed by atoms with Gasteiger partial charge in [0.25, 0.3) is 5.91 Å². The lowest BCUT2D eigenvalue weighted by molar-refractivity contribution is -0.127. The second-order valence-electron chi connectivity index (χ2n) is 6.19. The van der Waals surface area contributed by atoms with E-state index < -0.39 is 12.0 Å². The molecule has 0 aliphatic heterocycles. The number of aromatic hydroxyl groups is 1. The molecule has 0 unspecified atom stereocenters. The van der Waals surface area contributed by atoms with Gasteiger partial charge in [0.15, 0.2) is 6.10 Å². The average molecular weight is 417 g/mol. The van der Waals surface area contributed by atoms with E-state index in [1.54, 1.807) is 32.0 Å². The molecule has 1 atom stereocenters. The van der Waals surface area contributed by atoms with Gasteiger partial charge in [-0.3, -0.25) is 4.79 Å². The first-order chi connectivity index (χ1) is 13.4. The summed E-state index contributed by atoms with van der Waals surface area (Å²) in [6.45, 7) is 3.28. The lowest BCUT2D eigenvalue weighted by Crippen LogP contribution is -2.34. The van der Waals surface area contributed by atoms with Crippen LogP contribution in [-0.2, 0) is 4.79 Å². The van der Waals surface area contributed by atoms with Crippen LogP contribution in [-0.4, -0.2) is 22.8 Å². The zero-order valence-corrected chi connectivity index (χ0v) is 16.8. The van der Waals surface area contributed by atoms with E-state index in [-0.39, 0.29) is 5.75 Å². The topological polar surface area (TPSA) is 70.9 Å². The third-order valence-corrected chi connectivity index (χ3v) is 4.72. The number of phenolic OH excluding ortho intramolecular Hbond substituents is 1. The van der Waals surface area contributed by atoms with Crippen molar-refractivity contribution in [3.05, 3.63) is 70.2 Å². The smallest absolute Gasteiger partial charge is 0.280 e. The van der Waals surface area contributed by atoms with E-state index in [9.17, 15) is 9.90 Å². The molecule has 0 aromatic heterocycles. The number of halogens is 2. The number of benzene rings is 3. The SMILES string of the molecule is C/C(=N\NC(=O)[C@@H](C)Oc1ccc(Cl)cc1Cl)c1ccc2ccccc2c1O. The van der Waals surface area contributed by atoms with Crippen molar-refractivity contribution in [1.82, 2.24) is 5.43 Å². The molecule has 2 N–H and O–H groups in total. The lowest BCUT2D eigenvalue weighted by atomic mass is 10.0. The quantitative estimate of drug-likeness (QED) is 0.445. The molecule has 0 spiro atoms. The number of nitrogens with zero attached hydrogens (tertiary/aromatic N) is 1. The Kier molecular flexibility index (Phi) is 6.07. The van der Waals surface area contributed by atoms with Gasteiger partial charge < -0.3 is 9.84 Å². The highest BCUT2D eigenvalue weighted by atomic mass is 35.5. The number of hydrogen-bond donors (Lipinski definition) is 2. The largest absolute Gasteiger partial charge is 0.507 e. The molecule has 5 nitrogen and oxygen atoms in total. The average Bonchev–Trinajstić information content (AvgIpc) is 2.68. The summed E-state index contributed by atoms with van der Waals surface area (Å²) in [6, 6.07) is 15.9. The van der Waals surface area contributed by atoms with Gasteiger partial charge >= 0.3 is 0 Å². The van der Waals surface area contributed by atoms with Gasteiger partial charge in [-0.15, -0.1) is 0 Å². The van der Waals surface area contributed by atoms with E-state index in [0.717, 1.165) is 10.8 Å². The van der Waals surface area contributed by atoms with Crippen molar-refractivity contribution in [1.29, 1.82) is 0 Å². The van der Waals surface area contributed by atoms with Crippen LogP contribution in [0.4, 0.5) is 0 Å². The predicted octanol–water partition coefficient (Wildman–Crippen LogP) is 5.16. The lowest BCUT2D eigenvalue weighted by Gasteiger charge is -2.14. The summed E-state index contributed by atoms with van der Waals surface area (Å²) in [5, 5.41) is 17.0. The van der Waals surface area contributed by atoms with Crippen LogP contribution >= 0.6 is 23.2 Å². The molecule has 0 radical (unpaired) electrons. The Morgan fingerprint density at radius 3 is 2.64 bits per heavy atom. The Labute approximate surface area is 172 Å². The van der Waals surface area contributed by atoms with Gasteiger partial charge in [-0.25, -0.2) is 5.43 Å². The van der Waals surface area contributed by atoms with Gasteiger partial charge in [0, 0.05) is 16.0 Å². The molecule has 3 aromatic carbocycles. The Morgan fingerprint density at radius 1 is 1.14 bits per heavy atom. The zero-order valence-electron chi connectivity index (χ0n) is 15.2. The number of phenols is 1. The molecule has 0 fully saturated rings. The summed E-state index contributed by atoms with van der Waals surface area (Å²) in [5.74, 6) is 0.0121. The molecule has 3 aromatic rings. The number of carbonyl (C=O) groups is 1. The normalized spacial score (nSPS) is 12.6. The van der Waals surface area contributed by atoms with Crippen LogP contribution in [0.2, 0.25) is 10.0 Å². The minimum atomic E-state index is -0.833. The van der Waals surface area contributed by atoms with Crippen LogP contribution < -0.4 is 10.2 Å². The summed E-state index contributed by atoms with van der Waals surface area (Å²) >= 11 is 11.9. The molecule has 3 rings (SSSR count). The van der Waals surface area contributed by atoms with Crippen LogP contribution in [0.15, 0.2) is 59.7 Å². The van der Waals surface area contributed by atoms with Crippen LogP contribution in [0.1, 0.15) is 19.4 Å². The number of nitrogens with one attached hydrogen (secondary N) is 1. The number of carbonyl (C=O) groups excluding carboxylic acids is 1. The molecule has 0 heterocycles. The molecule has 0 saturated carbocycles. The summed E-state index contributed by atoms with van der Waals surface area (Å²) in [6.07, 6.45) is -0.833. The van der Waals surface area contributed by atoms with Crippen LogP contribution in [0.25, 0.3) is 10.8 Å². The highest BCUT2D eigenvalue weighted by Crippen LogP contribution is 2.29. The maximum atomic E-state index is 12.3. The Bertz CT molecular complexity index is 1070. The van der Waals surface area contributed by atoms with Gasteiger partial charge in [-0.1, -0.05) is 53.5 Å². The monoisotopic (exact) mass is 416 g/mol. The van der Waals surface area contributed by atoms with Gasteiger partial charge in [0.1, 0.15) is 11.5 Å². The fraction of sp³-hybridized carbons (Fsp3) is 0.143. The molecular formula is C21H18Cl2N2O3. The van der Waals surface area contributed by atoms with E-state index in [0.29, 0.717) is 27.1 Å². The molecule has 1 amide bonds. The molecule has 0 aliphatic carbocycles. The van der Waals surface area contributed by atoms with E-state index in [1.165, 1.54) is 6.07 Å². The number of ether oxygens (including phenoxy) is 1. The van der Waals surface area contributed by atoms with Gasteiger partial charge in [0.2, 0.25) is 0 Å².